The van der Waals surface area contributed by atoms with Gasteiger partial charge < -0.3 is 5.32 Å². The molecule has 1 atom stereocenters. The highest BCUT2D eigenvalue weighted by Crippen LogP contribution is 2.32. The van der Waals surface area contributed by atoms with E-state index >= 15 is 0 Å². The molecule has 0 heterocycles. The van der Waals surface area contributed by atoms with Crippen LogP contribution in [-0.2, 0) is 4.79 Å². The predicted molar refractivity (Wildman–Crippen MR) is 48.4 cm³/mol. The van der Waals surface area contributed by atoms with Gasteiger partial charge in [-0.25, -0.2) is 0 Å². The van der Waals surface area contributed by atoms with Crippen molar-refractivity contribution in [2.24, 2.45) is 5.92 Å². The lowest BCUT2D eigenvalue weighted by Crippen LogP contribution is -2.33. The summed E-state index contributed by atoms with van der Waals surface area (Å²) < 4.78 is 0. The summed E-state index contributed by atoms with van der Waals surface area (Å²) in [5.41, 5.74) is 0. The summed E-state index contributed by atoms with van der Waals surface area (Å²) in [5.74, 6) is 3.30. The van der Waals surface area contributed by atoms with E-state index in [1.165, 1.54) is 12.8 Å². The normalized spacial score (nSPS) is 18.0. The molecule has 1 saturated carbocycles. The zero-order chi connectivity index (χ0) is 8.97. The molecule has 0 aromatic heterocycles. The Bertz CT molecular complexity index is 200. The Morgan fingerprint density at radius 1 is 1.75 bits per heavy atom. The molecular formula is C10H15NO. The van der Waals surface area contributed by atoms with Gasteiger partial charge in [0.2, 0.25) is 5.91 Å². The van der Waals surface area contributed by atoms with Crippen LogP contribution in [0.4, 0.5) is 0 Å². The van der Waals surface area contributed by atoms with Gasteiger partial charge in [0.1, 0.15) is 0 Å². The van der Waals surface area contributed by atoms with Crippen molar-refractivity contribution in [3.63, 3.8) is 0 Å². The lowest BCUT2D eigenvalue weighted by Gasteiger charge is -2.09. The van der Waals surface area contributed by atoms with Crippen LogP contribution < -0.4 is 5.32 Å². The lowest BCUT2D eigenvalue weighted by molar-refractivity contribution is -0.121. The zero-order valence-electron chi connectivity index (χ0n) is 7.47. The zero-order valence-corrected chi connectivity index (χ0v) is 7.47. The monoisotopic (exact) mass is 165 g/mol. The first-order valence-electron chi connectivity index (χ1n) is 4.51. The number of hydrogen-bond acceptors (Lipinski definition) is 1. The number of hydrogen-bond donors (Lipinski definition) is 1. The van der Waals surface area contributed by atoms with Crippen LogP contribution in [0.1, 0.15) is 32.6 Å². The quantitative estimate of drug-likeness (QED) is 0.625. The maximum Gasteiger partial charge on any atom is 0.221 e. The molecule has 12 heavy (non-hydrogen) atoms. The summed E-state index contributed by atoms with van der Waals surface area (Å²) in [7, 11) is 0. The summed E-state index contributed by atoms with van der Waals surface area (Å²) in [6, 6.07) is -0.0729. The van der Waals surface area contributed by atoms with Crippen molar-refractivity contribution in [1.82, 2.24) is 5.32 Å². The van der Waals surface area contributed by atoms with Crippen LogP contribution in [0, 0.1) is 18.3 Å². The molecule has 1 unspecified atom stereocenters. The average Bonchev–Trinajstić information content (AvgIpc) is 2.84. The highest BCUT2D eigenvalue weighted by atomic mass is 16.1. The molecule has 66 valence electrons. The fourth-order valence-corrected chi connectivity index (χ4v) is 1.10. The number of nitrogens with one attached hydrogen (secondary N) is 1. The highest BCUT2D eigenvalue weighted by Gasteiger charge is 2.24. The van der Waals surface area contributed by atoms with E-state index in [4.69, 9.17) is 6.42 Å². The second kappa shape index (κ2) is 4.15. The third-order valence-corrected chi connectivity index (χ3v) is 2.12. The van der Waals surface area contributed by atoms with Crippen molar-refractivity contribution in [2.45, 2.75) is 38.6 Å². The first-order valence-corrected chi connectivity index (χ1v) is 4.51. The molecule has 0 aliphatic heterocycles. The molecule has 0 spiro atoms. The van der Waals surface area contributed by atoms with Gasteiger partial charge in [-0.05, 0) is 25.2 Å². The average molecular weight is 165 g/mol. The SMILES string of the molecule is C#CC(CC)NC(=O)CC1CC1. The van der Waals surface area contributed by atoms with E-state index in [-0.39, 0.29) is 11.9 Å². The van der Waals surface area contributed by atoms with Gasteiger partial charge >= 0.3 is 0 Å². The van der Waals surface area contributed by atoms with E-state index in [0.717, 1.165) is 6.42 Å². The van der Waals surface area contributed by atoms with Crippen molar-refractivity contribution >= 4 is 5.91 Å². The molecule has 0 bridgehead atoms. The lowest BCUT2D eigenvalue weighted by atomic mass is 10.2. The van der Waals surface area contributed by atoms with Gasteiger partial charge in [-0.3, -0.25) is 4.79 Å². The van der Waals surface area contributed by atoms with Gasteiger partial charge in [0.05, 0.1) is 6.04 Å². The maximum atomic E-state index is 11.2. The third kappa shape index (κ3) is 2.96. The van der Waals surface area contributed by atoms with Crippen molar-refractivity contribution in [3.8, 4) is 12.3 Å². The molecular weight excluding hydrogens is 150 g/mol. The van der Waals surface area contributed by atoms with Crippen LogP contribution in [0.25, 0.3) is 0 Å². The van der Waals surface area contributed by atoms with Crippen LogP contribution in [0.5, 0.6) is 0 Å². The van der Waals surface area contributed by atoms with Gasteiger partial charge in [0.15, 0.2) is 0 Å². The van der Waals surface area contributed by atoms with E-state index in [9.17, 15) is 4.79 Å². The molecule has 0 radical (unpaired) electrons. The number of terminal acetylenes is 1. The molecule has 0 aromatic rings. The highest BCUT2D eigenvalue weighted by molar-refractivity contribution is 5.77. The van der Waals surface area contributed by atoms with E-state index < -0.39 is 0 Å². The minimum Gasteiger partial charge on any atom is -0.342 e. The van der Waals surface area contributed by atoms with Crippen molar-refractivity contribution in [1.29, 1.82) is 0 Å². The number of carbonyl (C=O) groups is 1. The van der Waals surface area contributed by atoms with Crippen LogP contribution >= 0.6 is 0 Å². The van der Waals surface area contributed by atoms with E-state index in [2.05, 4.69) is 11.2 Å². The van der Waals surface area contributed by atoms with Gasteiger partial charge in [0, 0.05) is 6.42 Å². The summed E-state index contributed by atoms with van der Waals surface area (Å²) in [4.78, 5) is 11.2. The number of amides is 1. The predicted octanol–water partition coefficient (Wildman–Crippen LogP) is 1.31. The van der Waals surface area contributed by atoms with E-state index in [1.54, 1.807) is 0 Å². The molecule has 1 aliphatic carbocycles. The maximum absolute atomic E-state index is 11.2. The fraction of sp³-hybridized carbons (Fsp3) is 0.700. The Morgan fingerprint density at radius 3 is 2.83 bits per heavy atom. The third-order valence-electron chi connectivity index (χ3n) is 2.12. The summed E-state index contributed by atoms with van der Waals surface area (Å²) in [6.07, 6.45) is 9.11. The summed E-state index contributed by atoms with van der Waals surface area (Å²) in [5, 5.41) is 2.81. The fourth-order valence-electron chi connectivity index (χ4n) is 1.10. The number of rotatable bonds is 4. The van der Waals surface area contributed by atoms with Crippen LogP contribution in [0.15, 0.2) is 0 Å². The Balaban J connectivity index is 2.19. The first-order chi connectivity index (χ1) is 5.76. The van der Waals surface area contributed by atoms with Crippen LogP contribution in [-0.4, -0.2) is 11.9 Å². The molecule has 0 saturated heterocycles. The Hall–Kier alpha value is -0.970. The summed E-state index contributed by atoms with van der Waals surface area (Å²) >= 11 is 0. The smallest absolute Gasteiger partial charge is 0.221 e. The minimum atomic E-state index is -0.0729. The second-order valence-corrected chi connectivity index (χ2v) is 3.34. The topological polar surface area (TPSA) is 29.1 Å². The molecule has 2 heteroatoms. The second-order valence-electron chi connectivity index (χ2n) is 3.34. The molecule has 1 amide bonds. The Labute approximate surface area is 73.7 Å². The van der Waals surface area contributed by atoms with Gasteiger partial charge in [0.25, 0.3) is 0 Å². The molecule has 1 N–H and O–H groups in total. The van der Waals surface area contributed by atoms with Crippen LogP contribution in [0.2, 0.25) is 0 Å². The molecule has 0 aromatic carbocycles. The first kappa shape index (κ1) is 9.12. The molecule has 1 aliphatic rings. The minimum absolute atomic E-state index is 0.0729. The van der Waals surface area contributed by atoms with Crippen molar-refractivity contribution < 1.29 is 4.79 Å². The van der Waals surface area contributed by atoms with Gasteiger partial charge in [-0.1, -0.05) is 12.8 Å². The summed E-state index contributed by atoms with van der Waals surface area (Å²) in [6.45, 7) is 1.97. The Morgan fingerprint density at radius 2 is 2.42 bits per heavy atom. The van der Waals surface area contributed by atoms with Crippen molar-refractivity contribution in [2.75, 3.05) is 0 Å². The number of carbonyl (C=O) groups excluding carboxylic acids is 1. The van der Waals surface area contributed by atoms with Gasteiger partial charge in [-0.2, -0.15) is 0 Å². The largest absolute Gasteiger partial charge is 0.342 e. The molecule has 2 nitrogen and oxygen atoms in total. The van der Waals surface area contributed by atoms with E-state index in [1.807, 2.05) is 6.92 Å². The van der Waals surface area contributed by atoms with Crippen molar-refractivity contribution in [3.05, 3.63) is 0 Å². The van der Waals surface area contributed by atoms with Gasteiger partial charge in [-0.15, -0.1) is 6.42 Å². The standard InChI is InChI=1S/C10H15NO/c1-3-9(4-2)11-10(12)7-8-5-6-8/h1,8-9H,4-7H2,2H3,(H,11,12). The molecule has 1 rings (SSSR count). The van der Waals surface area contributed by atoms with E-state index in [0.29, 0.717) is 12.3 Å². The molecule has 1 fully saturated rings. The Kier molecular flexibility index (Phi) is 3.16. The van der Waals surface area contributed by atoms with Crippen LogP contribution in [0.3, 0.4) is 0 Å².